The largest absolute Gasteiger partial charge is 0.408 e. The van der Waals surface area contributed by atoms with Crippen molar-refractivity contribution >= 4 is 28.8 Å². The maximum Gasteiger partial charge on any atom is 0.322 e. The summed E-state index contributed by atoms with van der Waals surface area (Å²) in [4.78, 5) is 30.1. The highest BCUT2D eigenvalue weighted by atomic mass is 16.5. The van der Waals surface area contributed by atoms with Gasteiger partial charge in [-0.15, -0.1) is 5.10 Å². The lowest BCUT2D eigenvalue weighted by Crippen LogP contribution is -2.14. The molecule has 176 valence electrons. The zero-order valence-electron chi connectivity index (χ0n) is 19.2. The van der Waals surface area contributed by atoms with Crippen LogP contribution in [0, 0.1) is 25.7 Å². The van der Waals surface area contributed by atoms with Crippen LogP contribution in [-0.2, 0) is 4.74 Å². The van der Waals surface area contributed by atoms with Crippen molar-refractivity contribution in [3.05, 3.63) is 58.6 Å². The second-order valence-corrected chi connectivity index (χ2v) is 8.15. The lowest BCUT2D eigenvalue weighted by Gasteiger charge is -2.18. The molecule has 3 N–H and O–H groups in total. The van der Waals surface area contributed by atoms with E-state index in [-0.39, 0.29) is 23.3 Å². The van der Waals surface area contributed by atoms with Crippen LogP contribution in [0.3, 0.4) is 0 Å². The molecule has 35 heavy (non-hydrogen) atoms. The summed E-state index contributed by atoms with van der Waals surface area (Å²) >= 11 is 0. The van der Waals surface area contributed by atoms with Crippen molar-refractivity contribution in [2.24, 2.45) is 0 Å². The smallest absolute Gasteiger partial charge is 0.322 e. The summed E-state index contributed by atoms with van der Waals surface area (Å²) in [5, 5.41) is 10.6. The van der Waals surface area contributed by atoms with Crippen LogP contribution < -0.4 is 11.1 Å². The third-order valence-corrected chi connectivity index (χ3v) is 5.72. The highest BCUT2D eigenvalue weighted by Gasteiger charge is 2.22. The molecule has 0 bridgehead atoms. The Morgan fingerprint density at radius 3 is 2.71 bits per heavy atom. The molecule has 1 aliphatic rings. The van der Waals surface area contributed by atoms with E-state index in [0.29, 0.717) is 41.3 Å². The highest BCUT2D eigenvalue weighted by Crippen LogP contribution is 2.26. The quantitative estimate of drug-likeness (QED) is 0.427. The Labute approximate surface area is 200 Å². The Hall–Kier alpha value is -4.43. The van der Waals surface area contributed by atoms with Crippen LogP contribution in [0.5, 0.6) is 0 Å². The molecule has 11 nitrogen and oxygen atoms in total. The number of anilines is 2. The first kappa shape index (κ1) is 22.4. The van der Waals surface area contributed by atoms with Crippen molar-refractivity contribution in [3.63, 3.8) is 0 Å². The van der Waals surface area contributed by atoms with Crippen LogP contribution in [-0.4, -0.2) is 49.3 Å². The monoisotopic (exact) mass is 470 g/mol. The molecule has 1 amide bonds. The molecule has 0 saturated carbocycles. The molecular formula is C24H22N8O3. The summed E-state index contributed by atoms with van der Waals surface area (Å²) in [6, 6.07) is 1.65. The first-order valence-electron chi connectivity index (χ1n) is 11.1. The van der Waals surface area contributed by atoms with E-state index in [2.05, 4.69) is 47.3 Å². The predicted octanol–water partition coefficient (Wildman–Crippen LogP) is 2.55. The molecule has 0 aliphatic carbocycles. The van der Waals surface area contributed by atoms with Crippen LogP contribution in [0.2, 0.25) is 0 Å². The highest BCUT2D eigenvalue weighted by molar-refractivity contribution is 6.03. The van der Waals surface area contributed by atoms with E-state index >= 15 is 0 Å². The molecule has 1 aliphatic heterocycles. The van der Waals surface area contributed by atoms with Crippen molar-refractivity contribution in [3.8, 4) is 11.8 Å². The minimum Gasteiger partial charge on any atom is -0.408 e. The van der Waals surface area contributed by atoms with Crippen LogP contribution >= 0.6 is 0 Å². The van der Waals surface area contributed by atoms with E-state index < -0.39 is 5.91 Å². The molecule has 4 aromatic rings. The number of carbonyl (C=O) groups excluding carboxylic acids is 1. The molecule has 5 rings (SSSR count). The lowest BCUT2D eigenvalue weighted by atomic mass is 10.0. The number of rotatable bonds is 3. The standard InChI is InChI=1S/C24H22N8O3/c1-13-14(2)29-20-18(21(25)27-12-19(20)28-13)4-3-15-9-17(11-26-10-15)22(33)30-24-32-31-23(35-24)16-5-7-34-8-6-16/h9-12,16H,5-8H2,1-2H3,(H2,25,27)(H,30,32,33). The van der Waals surface area contributed by atoms with Gasteiger partial charge in [0, 0.05) is 37.1 Å². The molecule has 4 aromatic heterocycles. The van der Waals surface area contributed by atoms with Crippen molar-refractivity contribution in [1.29, 1.82) is 0 Å². The molecule has 0 unspecified atom stereocenters. The summed E-state index contributed by atoms with van der Waals surface area (Å²) in [6.07, 6.45) is 6.17. The van der Waals surface area contributed by atoms with Crippen LogP contribution in [0.1, 0.15) is 57.5 Å². The van der Waals surface area contributed by atoms with Crippen molar-refractivity contribution in [2.75, 3.05) is 24.3 Å². The topological polar surface area (TPSA) is 155 Å². The number of pyridine rings is 2. The molecule has 5 heterocycles. The SMILES string of the molecule is Cc1nc2cnc(N)c(C#Cc3cncc(C(=O)Nc4nnc(C5CCOCC5)o4)c3)c2nc1C. The van der Waals surface area contributed by atoms with E-state index in [1.54, 1.807) is 18.5 Å². The number of aromatic nitrogens is 6. The minimum atomic E-state index is -0.438. The Balaban J connectivity index is 1.36. The van der Waals surface area contributed by atoms with Crippen LogP contribution in [0.15, 0.2) is 29.1 Å². The van der Waals surface area contributed by atoms with Gasteiger partial charge in [-0.3, -0.25) is 15.1 Å². The normalized spacial score (nSPS) is 13.9. The van der Waals surface area contributed by atoms with Gasteiger partial charge in [-0.05, 0) is 32.8 Å². The van der Waals surface area contributed by atoms with Gasteiger partial charge in [-0.25, -0.2) is 15.0 Å². The maximum atomic E-state index is 12.7. The van der Waals surface area contributed by atoms with Gasteiger partial charge in [0.2, 0.25) is 5.89 Å². The fourth-order valence-electron chi connectivity index (χ4n) is 3.67. The van der Waals surface area contributed by atoms with Gasteiger partial charge in [0.15, 0.2) is 0 Å². The molecule has 0 radical (unpaired) electrons. The molecule has 11 heteroatoms. The summed E-state index contributed by atoms with van der Waals surface area (Å²) in [6.45, 7) is 5.06. The van der Waals surface area contributed by atoms with Crippen molar-refractivity contribution in [1.82, 2.24) is 30.1 Å². The number of nitrogens with one attached hydrogen (secondary N) is 1. The number of amides is 1. The van der Waals surface area contributed by atoms with Gasteiger partial charge in [0.05, 0.1) is 28.7 Å². The van der Waals surface area contributed by atoms with Crippen LogP contribution in [0.4, 0.5) is 11.8 Å². The first-order valence-corrected chi connectivity index (χ1v) is 11.1. The number of fused-ring (bicyclic) bond motifs is 1. The average molecular weight is 470 g/mol. The number of nitrogen functional groups attached to an aromatic ring is 1. The average Bonchev–Trinajstić information content (AvgIpc) is 3.34. The zero-order chi connectivity index (χ0) is 24.4. The zero-order valence-corrected chi connectivity index (χ0v) is 19.2. The molecular weight excluding hydrogens is 448 g/mol. The first-order chi connectivity index (χ1) is 17.0. The van der Waals surface area contributed by atoms with E-state index in [1.807, 2.05) is 13.8 Å². The second kappa shape index (κ2) is 9.44. The van der Waals surface area contributed by atoms with Gasteiger partial charge in [-0.2, -0.15) is 0 Å². The van der Waals surface area contributed by atoms with E-state index in [9.17, 15) is 4.79 Å². The van der Waals surface area contributed by atoms with E-state index in [4.69, 9.17) is 14.9 Å². The Bertz CT molecular complexity index is 1480. The van der Waals surface area contributed by atoms with Gasteiger partial charge >= 0.3 is 6.01 Å². The second-order valence-electron chi connectivity index (χ2n) is 8.15. The molecule has 1 fully saturated rings. The summed E-state index contributed by atoms with van der Waals surface area (Å²) in [5.41, 5.74) is 10.1. The van der Waals surface area contributed by atoms with Crippen molar-refractivity contribution < 1.29 is 13.9 Å². The fraction of sp³-hybridized carbons (Fsp3) is 0.292. The number of ether oxygens (including phenoxy) is 1. The summed E-state index contributed by atoms with van der Waals surface area (Å²) in [5.74, 6) is 6.45. The van der Waals surface area contributed by atoms with E-state index in [1.165, 1.54) is 6.20 Å². The molecule has 0 aromatic carbocycles. The van der Waals surface area contributed by atoms with Gasteiger partial charge < -0.3 is 14.9 Å². The van der Waals surface area contributed by atoms with Crippen molar-refractivity contribution in [2.45, 2.75) is 32.6 Å². The number of nitrogens with two attached hydrogens (primary N) is 1. The van der Waals surface area contributed by atoms with Gasteiger partial charge in [-0.1, -0.05) is 16.9 Å². The summed E-state index contributed by atoms with van der Waals surface area (Å²) in [7, 11) is 0. The lowest BCUT2D eigenvalue weighted by molar-refractivity contribution is 0.0795. The molecule has 1 saturated heterocycles. The van der Waals surface area contributed by atoms with Crippen LogP contribution in [0.25, 0.3) is 11.0 Å². The number of hydrogen-bond donors (Lipinski definition) is 2. The third-order valence-electron chi connectivity index (χ3n) is 5.72. The Morgan fingerprint density at radius 1 is 1.09 bits per heavy atom. The number of carbonyl (C=O) groups is 1. The maximum absolute atomic E-state index is 12.7. The number of hydrogen-bond acceptors (Lipinski definition) is 10. The Kier molecular flexibility index (Phi) is 6.03. The van der Waals surface area contributed by atoms with Gasteiger partial charge in [0.25, 0.3) is 5.91 Å². The molecule has 0 atom stereocenters. The Morgan fingerprint density at radius 2 is 1.89 bits per heavy atom. The molecule has 0 spiro atoms. The third kappa shape index (κ3) is 4.78. The minimum absolute atomic E-state index is 0.0341. The number of nitrogens with zero attached hydrogens (tertiary/aromatic N) is 6. The van der Waals surface area contributed by atoms with E-state index in [0.717, 1.165) is 24.2 Å². The summed E-state index contributed by atoms with van der Waals surface area (Å²) < 4.78 is 11.0. The van der Waals surface area contributed by atoms with Gasteiger partial charge in [0.1, 0.15) is 16.9 Å². The number of aryl methyl sites for hydroxylation is 2. The fourth-order valence-corrected chi connectivity index (χ4v) is 3.67. The predicted molar refractivity (Wildman–Crippen MR) is 126 cm³/mol.